The van der Waals surface area contributed by atoms with Crippen LogP contribution in [0.1, 0.15) is 157 Å². The lowest BCUT2D eigenvalue weighted by molar-refractivity contribution is -0.147. The second-order valence-electron chi connectivity index (χ2n) is 19.3. The Hall–Kier alpha value is -2.16. The number of allylic oxidation sites excluding steroid dienone is 1. The van der Waals surface area contributed by atoms with Gasteiger partial charge in [0.05, 0.1) is 16.5 Å². The van der Waals surface area contributed by atoms with E-state index in [1.54, 1.807) is 31.7 Å². The molecule has 5 rings (SSSR count). The van der Waals surface area contributed by atoms with Crippen molar-refractivity contribution < 1.29 is 32.4 Å². The van der Waals surface area contributed by atoms with Gasteiger partial charge in [0.15, 0.2) is 21.4 Å². The number of Topliss-reactive ketones (excluding diaryl/α,β-unsaturated/α-hetero) is 4. The number of carbonyl (C=O) groups excluding carboxylic acids is 5. The van der Waals surface area contributed by atoms with Crippen LogP contribution in [-0.2, 0) is 33.8 Å². The van der Waals surface area contributed by atoms with Gasteiger partial charge in [-0.15, -0.1) is 6.58 Å². The van der Waals surface area contributed by atoms with Crippen LogP contribution in [0.4, 0.5) is 0 Å². The molecule has 1 aliphatic heterocycles. The van der Waals surface area contributed by atoms with Gasteiger partial charge in [0.25, 0.3) is 0 Å². The lowest BCUT2D eigenvalue weighted by Gasteiger charge is -2.40. The number of piperidine rings is 1. The topological polar surface area (TPSA) is 123 Å². The highest BCUT2D eigenvalue weighted by Crippen LogP contribution is 2.65. The first kappa shape index (κ1) is 41.0. The Morgan fingerprint density at radius 3 is 2.10 bits per heavy atom. The first-order valence-electron chi connectivity index (χ1n) is 20.7. The lowest BCUT2D eigenvalue weighted by Crippen LogP contribution is -2.50. The Kier molecular flexibility index (Phi) is 12.8. The molecule has 2 unspecified atom stereocenters. The average molecular weight is 742 g/mol. The van der Waals surface area contributed by atoms with E-state index in [1.807, 2.05) is 0 Å². The van der Waals surface area contributed by atoms with Crippen molar-refractivity contribution in [2.24, 2.45) is 46.3 Å². The predicted octanol–water partition coefficient (Wildman–Crippen LogP) is 8.05. The van der Waals surface area contributed by atoms with Crippen LogP contribution in [0.3, 0.4) is 0 Å². The molecule has 5 atom stereocenters. The summed E-state index contributed by atoms with van der Waals surface area (Å²) in [5.41, 5.74) is -0.711. The molecule has 1 heterocycles. The minimum atomic E-state index is -3.46. The van der Waals surface area contributed by atoms with Crippen LogP contribution < -0.4 is 0 Å². The minimum Gasteiger partial charge on any atom is -0.332 e. The normalized spacial score (nSPS) is 27.2. The first-order valence-corrected chi connectivity index (χ1v) is 22.3. The summed E-state index contributed by atoms with van der Waals surface area (Å²) >= 11 is 0. The highest BCUT2D eigenvalue weighted by Gasteiger charge is 2.69. The van der Waals surface area contributed by atoms with E-state index in [9.17, 15) is 32.4 Å². The molecule has 52 heavy (non-hydrogen) atoms. The quantitative estimate of drug-likeness (QED) is 0.103. The molecule has 0 aromatic heterocycles. The van der Waals surface area contributed by atoms with E-state index < -0.39 is 49.4 Å². The van der Waals surface area contributed by atoms with Crippen LogP contribution in [0, 0.1) is 46.3 Å². The first-order chi connectivity index (χ1) is 24.4. The number of carbonyl (C=O) groups is 5. The molecule has 0 aromatic carbocycles. The fourth-order valence-corrected chi connectivity index (χ4v) is 12.1. The van der Waals surface area contributed by atoms with Crippen molar-refractivity contribution >= 4 is 38.9 Å². The lowest BCUT2D eigenvalue weighted by atomic mass is 9.70. The molecule has 4 aliphatic carbocycles. The Balaban J connectivity index is 1.37. The van der Waals surface area contributed by atoms with E-state index in [1.165, 1.54) is 0 Å². The van der Waals surface area contributed by atoms with Gasteiger partial charge in [0.1, 0.15) is 5.78 Å². The van der Waals surface area contributed by atoms with Gasteiger partial charge < -0.3 is 4.90 Å². The van der Waals surface area contributed by atoms with E-state index in [2.05, 4.69) is 20.4 Å². The zero-order chi connectivity index (χ0) is 38.1. The predicted molar refractivity (Wildman–Crippen MR) is 204 cm³/mol. The van der Waals surface area contributed by atoms with Crippen molar-refractivity contribution in [3.63, 3.8) is 0 Å². The van der Waals surface area contributed by atoms with Crippen LogP contribution >= 0.6 is 0 Å². The van der Waals surface area contributed by atoms with Gasteiger partial charge in [-0.1, -0.05) is 77.7 Å². The summed E-state index contributed by atoms with van der Waals surface area (Å²) in [5, 5.41) is 0. The molecule has 0 spiro atoms. The van der Waals surface area contributed by atoms with Crippen molar-refractivity contribution in [1.29, 1.82) is 0 Å². The summed E-state index contributed by atoms with van der Waals surface area (Å²) in [6.07, 6.45) is 15.1. The fraction of sp³-hybridized carbons (Fsp3) is 0.837. The maximum Gasteiger partial charge on any atom is 0.227 e. The van der Waals surface area contributed by atoms with Crippen molar-refractivity contribution in [3.8, 4) is 0 Å². The molecule has 5 fully saturated rings. The summed E-state index contributed by atoms with van der Waals surface area (Å²) in [4.78, 5) is 71.7. The SMILES string of the molecule is C=CCCC(=O)C(=O)C(CC(=O)[C@@H]1[C@@H]2C(CN1C(=O)[C@@H](CC(=O)CC1(CS(=O)(=O)C(C)(C)C)CCCCC1)C1CCCCC1)C2(C)C)CC1CCC1. The zero-order valence-electron chi connectivity index (χ0n) is 32.9. The van der Waals surface area contributed by atoms with Gasteiger partial charge in [0.2, 0.25) is 11.7 Å². The Labute approximate surface area is 314 Å². The van der Waals surface area contributed by atoms with Crippen molar-refractivity contribution in [2.45, 2.75) is 167 Å². The van der Waals surface area contributed by atoms with Crippen molar-refractivity contribution in [3.05, 3.63) is 12.7 Å². The monoisotopic (exact) mass is 741 g/mol. The molecule has 0 N–H and O–H groups in total. The average Bonchev–Trinajstić information content (AvgIpc) is 3.37. The van der Waals surface area contributed by atoms with E-state index >= 15 is 0 Å². The Morgan fingerprint density at radius 1 is 0.885 bits per heavy atom. The van der Waals surface area contributed by atoms with E-state index in [4.69, 9.17) is 0 Å². The molecular weight excluding hydrogens is 675 g/mol. The van der Waals surface area contributed by atoms with Crippen LogP contribution in [0.25, 0.3) is 0 Å². The summed E-state index contributed by atoms with van der Waals surface area (Å²) in [6.45, 7) is 13.6. The van der Waals surface area contributed by atoms with E-state index in [0.717, 1.165) is 70.6 Å². The van der Waals surface area contributed by atoms with Gasteiger partial charge in [-0.05, 0) is 93.8 Å². The number of sulfone groups is 1. The number of amides is 1. The summed E-state index contributed by atoms with van der Waals surface area (Å²) in [5.74, 6) is -1.84. The van der Waals surface area contributed by atoms with Gasteiger partial charge in [-0.3, -0.25) is 24.0 Å². The molecule has 0 aromatic rings. The molecule has 1 saturated heterocycles. The fourth-order valence-electron chi connectivity index (χ4n) is 10.5. The molecule has 8 nitrogen and oxygen atoms in total. The molecule has 0 radical (unpaired) electrons. The van der Waals surface area contributed by atoms with Crippen LogP contribution in [-0.4, -0.2) is 65.4 Å². The minimum absolute atomic E-state index is 0.00399. The Morgan fingerprint density at radius 2 is 1.52 bits per heavy atom. The summed E-state index contributed by atoms with van der Waals surface area (Å²) in [6, 6.07) is -0.657. The van der Waals surface area contributed by atoms with Gasteiger partial charge in [-0.25, -0.2) is 8.42 Å². The molecular formula is C43H67NO7S. The highest BCUT2D eigenvalue weighted by molar-refractivity contribution is 7.92. The maximum absolute atomic E-state index is 14.9. The van der Waals surface area contributed by atoms with Crippen molar-refractivity contribution in [1.82, 2.24) is 4.90 Å². The van der Waals surface area contributed by atoms with Gasteiger partial charge in [0, 0.05) is 44.1 Å². The van der Waals surface area contributed by atoms with Crippen LogP contribution in [0.2, 0.25) is 0 Å². The summed E-state index contributed by atoms with van der Waals surface area (Å²) in [7, 11) is -3.46. The number of rotatable bonds is 18. The molecule has 9 heteroatoms. The molecule has 1 amide bonds. The third kappa shape index (κ3) is 9.03. The van der Waals surface area contributed by atoms with Crippen molar-refractivity contribution in [2.75, 3.05) is 12.3 Å². The Bertz CT molecular complexity index is 1470. The number of fused-ring (bicyclic) bond motifs is 1. The standard InChI is InChI=1S/C43H67NO7S/c1-7-8-20-35(46)39(48)31(23-29-16-15-17-29)24-36(47)38-37-34(42(37,5)6)27-44(38)40(49)33(30-18-11-9-12-19-30)25-32(45)26-43(21-13-10-14-22-43)28-52(50,51)41(2,3)4/h7,29-31,33-34,37-38H,1,8-28H2,2-6H3/t31?,33-,34?,37-,38+/m0/s1. The van der Waals surface area contributed by atoms with E-state index in [-0.39, 0.29) is 72.1 Å². The number of likely N-dealkylation sites (tertiary alicyclic amines) is 1. The third-order valence-corrected chi connectivity index (χ3v) is 17.1. The zero-order valence-corrected chi connectivity index (χ0v) is 33.7. The van der Waals surface area contributed by atoms with Gasteiger partial charge in [-0.2, -0.15) is 0 Å². The number of ketones is 4. The molecule has 292 valence electrons. The van der Waals surface area contributed by atoms with Gasteiger partial charge >= 0.3 is 0 Å². The molecule has 5 aliphatic rings. The molecule has 0 bridgehead atoms. The van der Waals surface area contributed by atoms with E-state index in [0.29, 0.717) is 38.1 Å². The number of nitrogens with zero attached hydrogens (tertiary/aromatic N) is 1. The van der Waals surface area contributed by atoms with Crippen LogP contribution in [0.5, 0.6) is 0 Å². The molecule has 4 saturated carbocycles. The van der Waals surface area contributed by atoms with Crippen LogP contribution in [0.15, 0.2) is 12.7 Å². The summed E-state index contributed by atoms with van der Waals surface area (Å²) < 4.78 is 26.1. The number of hydrogen-bond donors (Lipinski definition) is 0. The maximum atomic E-state index is 14.9. The highest BCUT2D eigenvalue weighted by atomic mass is 32.2. The largest absolute Gasteiger partial charge is 0.332 e. The second kappa shape index (κ2) is 16.3. The third-order valence-electron chi connectivity index (χ3n) is 14.2. The number of hydrogen-bond acceptors (Lipinski definition) is 7. The second-order valence-corrected chi connectivity index (χ2v) is 22.0. The smallest absolute Gasteiger partial charge is 0.227 e.